The molecule has 0 bridgehead atoms. The van der Waals surface area contributed by atoms with Gasteiger partial charge in [0.2, 0.25) is 5.91 Å². The monoisotopic (exact) mass is 260 g/mol. The molecule has 1 amide bonds. The molecule has 7 nitrogen and oxygen atoms in total. The summed E-state index contributed by atoms with van der Waals surface area (Å²) in [5.74, 6) is -0.755. The Morgan fingerprint density at radius 1 is 1.37 bits per heavy atom. The van der Waals surface area contributed by atoms with E-state index in [9.17, 15) is 9.59 Å². The van der Waals surface area contributed by atoms with Crippen molar-refractivity contribution in [2.45, 2.75) is 13.0 Å². The first-order valence-electron chi connectivity index (χ1n) is 5.62. The average Bonchev–Trinajstić information content (AvgIpc) is 2.86. The van der Waals surface area contributed by atoms with E-state index in [1.807, 2.05) is 0 Å². The highest BCUT2D eigenvalue weighted by molar-refractivity contribution is 5.89. The van der Waals surface area contributed by atoms with Gasteiger partial charge in [0.25, 0.3) is 0 Å². The molecule has 19 heavy (non-hydrogen) atoms. The summed E-state index contributed by atoms with van der Waals surface area (Å²) in [4.78, 5) is 26.2. The zero-order valence-corrected chi connectivity index (χ0v) is 9.98. The zero-order chi connectivity index (χ0) is 13.7. The van der Waals surface area contributed by atoms with Crippen molar-refractivity contribution in [2.75, 3.05) is 5.32 Å². The van der Waals surface area contributed by atoms with Crippen molar-refractivity contribution in [2.24, 2.45) is 0 Å². The summed E-state index contributed by atoms with van der Waals surface area (Å²) in [6, 6.07) is 5.22. The molecule has 0 unspecified atom stereocenters. The molecule has 0 fully saturated rings. The highest BCUT2D eigenvalue weighted by Gasteiger charge is 2.07. The molecule has 0 saturated carbocycles. The fourth-order valence-electron chi connectivity index (χ4n) is 1.45. The van der Waals surface area contributed by atoms with Crippen LogP contribution in [0.3, 0.4) is 0 Å². The minimum Gasteiger partial charge on any atom is -0.478 e. The highest BCUT2D eigenvalue weighted by Crippen LogP contribution is 2.02. The molecule has 98 valence electrons. The Morgan fingerprint density at radius 3 is 2.84 bits per heavy atom. The summed E-state index contributed by atoms with van der Waals surface area (Å²) in [6.45, 7) is 0.311. The molecule has 0 aliphatic carbocycles. The smallest absolute Gasteiger partial charge is 0.338 e. The maximum Gasteiger partial charge on any atom is 0.338 e. The molecule has 0 atom stereocenters. The van der Waals surface area contributed by atoms with E-state index in [2.05, 4.69) is 15.4 Å². The van der Waals surface area contributed by atoms with E-state index in [1.165, 1.54) is 17.1 Å². The molecule has 0 spiro atoms. The molecular formula is C12H12N4O3. The van der Waals surface area contributed by atoms with E-state index in [0.717, 1.165) is 0 Å². The Bertz CT molecular complexity index is 580. The third-order valence-corrected chi connectivity index (χ3v) is 2.38. The van der Waals surface area contributed by atoms with Crippen molar-refractivity contribution >= 4 is 17.7 Å². The maximum absolute atomic E-state index is 11.6. The van der Waals surface area contributed by atoms with Gasteiger partial charge in [-0.25, -0.2) is 9.78 Å². The van der Waals surface area contributed by atoms with Crippen LogP contribution in [0.25, 0.3) is 0 Å². The summed E-state index contributed by atoms with van der Waals surface area (Å²) in [6.07, 6.45) is 4.41. The van der Waals surface area contributed by atoms with Crippen molar-refractivity contribution in [1.29, 1.82) is 0 Å². The third kappa shape index (κ3) is 3.63. The van der Waals surface area contributed by atoms with Crippen molar-refractivity contribution in [3.63, 3.8) is 0 Å². The average molecular weight is 260 g/mol. The van der Waals surface area contributed by atoms with Gasteiger partial charge >= 0.3 is 5.97 Å². The molecule has 2 aromatic heterocycles. The van der Waals surface area contributed by atoms with Crippen molar-refractivity contribution < 1.29 is 14.7 Å². The van der Waals surface area contributed by atoms with E-state index < -0.39 is 5.97 Å². The number of nitrogens with one attached hydrogen (secondary N) is 1. The van der Waals surface area contributed by atoms with Crippen LogP contribution >= 0.6 is 0 Å². The Morgan fingerprint density at radius 2 is 2.21 bits per heavy atom. The van der Waals surface area contributed by atoms with Gasteiger partial charge < -0.3 is 10.4 Å². The molecule has 0 aliphatic rings. The number of carboxylic acids is 1. The second kappa shape index (κ2) is 5.76. The number of aryl methyl sites for hydroxylation is 1. The van der Waals surface area contributed by atoms with Crippen molar-refractivity contribution in [3.8, 4) is 0 Å². The first-order chi connectivity index (χ1) is 9.15. The van der Waals surface area contributed by atoms with Gasteiger partial charge in [-0.15, -0.1) is 0 Å². The number of carbonyl (C=O) groups is 2. The molecule has 7 heteroatoms. The normalized spacial score (nSPS) is 10.1. The van der Waals surface area contributed by atoms with Crippen LogP contribution in [0, 0.1) is 0 Å². The number of carboxylic acid groups (broad SMARTS) is 1. The molecule has 0 aliphatic heterocycles. The van der Waals surface area contributed by atoms with Gasteiger partial charge in [-0.2, -0.15) is 5.10 Å². The van der Waals surface area contributed by atoms with Gasteiger partial charge in [0.15, 0.2) is 0 Å². The fraction of sp³-hybridized carbons (Fsp3) is 0.167. The lowest BCUT2D eigenvalue weighted by atomic mass is 10.3. The van der Waals surface area contributed by atoms with Crippen LogP contribution in [-0.2, 0) is 11.3 Å². The van der Waals surface area contributed by atoms with Crippen LogP contribution < -0.4 is 5.32 Å². The predicted molar refractivity (Wildman–Crippen MR) is 66.7 cm³/mol. The van der Waals surface area contributed by atoms with E-state index in [0.29, 0.717) is 12.4 Å². The van der Waals surface area contributed by atoms with Crippen LogP contribution in [0.4, 0.5) is 5.82 Å². The SMILES string of the molecule is O=C(CCn1cc(C(=O)O)cn1)Nc1ccccn1. The van der Waals surface area contributed by atoms with Gasteiger partial charge in [0, 0.05) is 25.4 Å². The van der Waals surface area contributed by atoms with Crippen LogP contribution in [0.5, 0.6) is 0 Å². The first-order valence-corrected chi connectivity index (χ1v) is 5.62. The number of rotatable bonds is 5. The Labute approximate surface area is 108 Å². The van der Waals surface area contributed by atoms with Crippen LogP contribution in [-0.4, -0.2) is 31.7 Å². The number of aromatic carboxylic acids is 1. The molecule has 0 radical (unpaired) electrons. The van der Waals surface area contributed by atoms with E-state index in [4.69, 9.17) is 5.11 Å². The molecule has 2 rings (SSSR count). The number of nitrogens with zero attached hydrogens (tertiary/aromatic N) is 3. The standard InChI is InChI=1S/C12H12N4O3/c17-11(15-10-3-1-2-5-13-10)4-6-16-8-9(7-14-16)12(18)19/h1-3,5,7-8H,4,6H2,(H,18,19)(H,13,15,17). The van der Waals surface area contributed by atoms with Gasteiger partial charge in [-0.05, 0) is 12.1 Å². The summed E-state index contributed by atoms with van der Waals surface area (Å²) >= 11 is 0. The second-order valence-electron chi connectivity index (χ2n) is 3.81. The Hall–Kier alpha value is -2.70. The molecule has 2 N–H and O–H groups in total. The van der Waals surface area contributed by atoms with Gasteiger partial charge in [-0.3, -0.25) is 9.48 Å². The fourth-order valence-corrected chi connectivity index (χ4v) is 1.45. The predicted octanol–water partition coefficient (Wildman–Crippen LogP) is 1.01. The number of anilines is 1. The topological polar surface area (TPSA) is 97.1 Å². The number of amides is 1. The first kappa shape index (κ1) is 12.7. The van der Waals surface area contributed by atoms with Crippen molar-refractivity contribution in [3.05, 3.63) is 42.4 Å². The van der Waals surface area contributed by atoms with Crippen molar-refractivity contribution in [1.82, 2.24) is 14.8 Å². The van der Waals surface area contributed by atoms with E-state index >= 15 is 0 Å². The Balaban J connectivity index is 1.84. The lowest BCUT2D eigenvalue weighted by molar-refractivity contribution is -0.116. The van der Waals surface area contributed by atoms with E-state index in [-0.39, 0.29) is 17.9 Å². The number of aromatic nitrogens is 3. The zero-order valence-electron chi connectivity index (χ0n) is 9.98. The Kier molecular flexibility index (Phi) is 3.87. The number of hydrogen-bond acceptors (Lipinski definition) is 4. The largest absolute Gasteiger partial charge is 0.478 e. The summed E-state index contributed by atoms with van der Waals surface area (Å²) < 4.78 is 1.42. The lowest BCUT2D eigenvalue weighted by Crippen LogP contribution is -2.15. The molecular weight excluding hydrogens is 248 g/mol. The molecule has 2 heterocycles. The minimum absolute atomic E-state index is 0.102. The molecule has 0 aromatic carbocycles. The van der Waals surface area contributed by atoms with Gasteiger partial charge in [0.1, 0.15) is 5.82 Å². The van der Waals surface area contributed by atoms with E-state index in [1.54, 1.807) is 24.4 Å². The summed E-state index contributed by atoms with van der Waals surface area (Å²) in [5, 5.41) is 15.2. The number of hydrogen-bond donors (Lipinski definition) is 2. The number of pyridine rings is 1. The highest BCUT2D eigenvalue weighted by atomic mass is 16.4. The molecule has 0 saturated heterocycles. The van der Waals surface area contributed by atoms with Crippen LogP contribution in [0.1, 0.15) is 16.8 Å². The van der Waals surface area contributed by atoms with Crippen LogP contribution in [0.15, 0.2) is 36.8 Å². The minimum atomic E-state index is -1.04. The summed E-state index contributed by atoms with van der Waals surface area (Å²) in [5.41, 5.74) is 0.102. The second-order valence-corrected chi connectivity index (χ2v) is 3.81. The third-order valence-electron chi connectivity index (χ3n) is 2.38. The molecule has 2 aromatic rings. The van der Waals surface area contributed by atoms with Gasteiger partial charge in [0.05, 0.1) is 11.8 Å². The lowest BCUT2D eigenvalue weighted by Gasteiger charge is -2.03. The maximum atomic E-state index is 11.6. The van der Waals surface area contributed by atoms with Gasteiger partial charge in [-0.1, -0.05) is 6.07 Å². The number of carbonyl (C=O) groups excluding carboxylic acids is 1. The summed E-state index contributed by atoms with van der Waals surface area (Å²) in [7, 11) is 0. The quantitative estimate of drug-likeness (QED) is 0.836. The van der Waals surface area contributed by atoms with Crippen LogP contribution in [0.2, 0.25) is 0 Å².